The van der Waals surface area contributed by atoms with Crippen LogP contribution in [0.1, 0.15) is 27.8 Å². The van der Waals surface area contributed by atoms with Gasteiger partial charge in [0.1, 0.15) is 10.1 Å². The van der Waals surface area contributed by atoms with Gasteiger partial charge in [0.05, 0.1) is 21.8 Å². The van der Waals surface area contributed by atoms with Crippen molar-refractivity contribution in [1.29, 1.82) is 0 Å². The highest BCUT2D eigenvalue weighted by Gasteiger charge is 2.39. The molecule has 0 spiro atoms. The lowest BCUT2D eigenvalue weighted by atomic mass is 10.1. The number of thiocarbonyl (C=S) groups is 1. The SMILES string of the molecule is Cc1ccc(N2C(=O)C(=NNc3ccc(C=C4SC(=S)NC4=O)cc3O)c3ccc(C(F)(F)F)cc32)cc1C. The van der Waals surface area contributed by atoms with Crippen LogP contribution in [0.15, 0.2) is 64.6 Å². The van der Waals surface area contributed by atoms with E-state index in [0.717, 1.165) is 35.0 Å². The topological polar surface area (TPSA) is 94.0 Å². The number of benzene rings is 3. The van der Waals surface area contributed by atoms with Crippen molar-refractivity contribution < 1.29 is 27.9 Å². The lowest BCUT2D eigenvalue weighted by Gasteiger charge is -2.19. The van der Waals surface area contributed by atoms with Gasteiger partial charge in [-0.15, -0.1) is 0 Å². The summed E-state index contributed by atoms with van der Waals surface area (Å²) in [6.45, 7) is 3.74. The van der Waals surface area contributed by atoms with E-state index in [1.54, 1.807) is 30.3 Å². The van der Waals surface area contributed by atoms with E-state index in [1.807, 2.05) is 13.8 Å². The summed E-state index contributed by atoms with van der Waals surface area (Å²) in [7, 11) is 0. The van der Waals surface area contributed by atoms with Crippen molar-refractivity contribution in [3.05, 3.63) is 87.3 Å². The molecule has 7 nitrogen and oxygen atoms in total. The number of nitrogens with zero attached hydrogens (tertiary/aromatic N) is 2. The number of halogens is 3. The number of phenolic OH excluding ortho intramolecular Hbond substituents is 1. The molecule has 1 fully saturated rings. The van der Waals surface area contributed by atoms with E-state index in [4.69, 9.17) is 12.2 Å². The lowest BCUT2D eigenvalue weighted by Crippen LogP contribution is -2.26. The van der Waals surface area contributed by atoms with Crippen LogP contribution in [0.5, 0.6) is 5.75 Å². The molecule has 198 valence electrons. The Hall–Kier alpha value is -4.16. The van der Waals surface area contributed by atoms with E-state index in [9.17, 15) is 27.9 Å². The largest absolute Gasteiger partial charge is 0.506 e. The van der Waals surface area contributed by atoms with Crippen LogP contribution >= 0.6 is 24.0 Å². The van der Waals surface area contributed by atoms with Crippen molar-refractivity contribution in [2.75, 3.05) is 10.3 Å². The summed E-state index contributed by atoms with van der Waals surface area (Å²) in [4.78, 5) is 26.9. The number of aryl methyl sites for hydroxylation is 2. The van der Waals surface area contributed by atoms with Crippen LogP contribution in [0.4, 0.5) is 30.2 Å². The summed E-state index contributed by atoms with van der Waals surface area (Å²) in [6, 6.07) is 12.7. The number of fused-ring (bicyclic) bond motifs is 1. The Morgan fingerprint density at radius 2 is 1.82 bits per heavy atom. The molecule has 39 heavy (non-hydrogen) atoms. The molecule has 0 atom stereocenters. The van der Waals surface area contributed by atoms with Gasteiger partial charge in [-0.3, -0.25) is 19.9 Å². The third kappa shape index (κ3) is 5.12. The summed E-state index contributed by atoms with van der Waals surface area (Å²) in [6.07, 6.45) is -3.04. The minimum absolute atomic E-state index is 0.0510. The predicted octanol–water partition coefficient (Wildman–Crippen LogP) is 6.01. The maximum atomic E-state index is 13.5. The first-order chi connectivity index (χ1) is 18.4. The number of amides is 2. The number of rotatable bonds is 4. The molecule has 12 heteroatoms. The highest BCUT2D eigenvalue weighted by Crippen LogP contribution is 2.41. The molecule has 3 N–H and O–H groups in total. The standard InChI is InChI=1S/C27H19F3N4O3S2/c1-13-3-6-17(9-14(13)2)34-20-12-16(27(28,29)30)5-7-18(20)23(25(34)37)33-32-19-8-4-15(10-21(19)35)11-22-24(36)31-26(38)39-22/h3-12,32,35H,1-2H3,(H,31,36,38). The maximum absolute atomic E-state index is 13.5. The van der Waals surface area contributed by atoms with E-state index in [0.29, 0.717) is 20.5 Å². The van der Waals surface area contributed by atoms with Gasteiger partial charge in [-0.1, -0.05) is 36.1 Å². The minimum atomic E-state index is -4.60. The number of anilines is 3. The highest BCUT2D eigenvalue weighted by atomic mass is 32.2. The van der Waals surface area contributed by atoms with Crippen molar-refractivity contribution in [3.8, 4) is 5.75 Å². The number of hydrazone groups is 1. The third-order valence-electron chi connectivity index (χ3n) is 6.23. The minimum Gasteiger partial charge on any atom is -0.506 e. The molecule has 1 saturated heterocycles. The number of carbonyl (C=O) groups is 2. The van der Waals surface area contributed by atoms with Gasteiger partial charge in [0, 0.05) is 11.3 Å². The summed E-state index contributed by atoms with van der Waals surface area (Å²) in [5.74, 6) is -1.18. The van der Waals surface area contributed by atoms with Gasteiger partial charge in [-0.2, -0.15) is 18.3 Å². The summed E-state index contributed by atoms with van der Waals surface area (Å²) in [5, 5.41) is 17.2. The molecule has 5 rings (SSSR count). The molecule has 0 unspecified atom stereocenters. The monoisotopic (exact) mass is 568 g/mol. The molecule has 3 aromatic carbocycles. The zero-order chi connectivity index (χ0) is 28.1. The zero-order valence-corrected chi connectivity index (χ0v) is 22.0. The Morgan fingerprint density at radius 1 is 1.05 bits per heavy atom. The van der Waals surface area contributed by atoms with Crippen LogP contribution in [0.3, 0.4) is 0 Å². The normalized spacial score (nSPS) is 17.3. The average molecular weight is 569 g/mol. The van der Waals surface area contributed by atoms with E-state index < -0.39 is 17.6 Å². The number of thioether (sulfide) groups is 1. The summed E-state index contributed by atoms with van der Waals surface area (Å²) >= 11 is 6.07. The van der Waals surface area contributed by atoms with Gasteiger partial charge in [0.25, 0.3) is 11.8 Å². The zero-order valence-electron chi connectivity index (χ0n) is 20.4. The van der Waals surface area contributed by atoms with Crippen LogP contribution in [-0.4, -0.2) is 27.0 Å². The van der Waals surface area contributed by atoms with Crippen molar-refractivity contribution in [1.82, 2.24) is 5.32 Å². The quantitative estimate of drug-likeness (QED) is 0.155. The van der Waals surface area contributed by atoms with Crippen LogP contribution in [0, 0.1) is 13.8 Å². The molecular weight excluding hydrogens is 549 g/mol. The summed E-state index contributed by atoms with van der Waals surface area (Å²) < 4.78 is 40.9. The highest BCUT2D eigenvalue weighted by molar-refractivity contribution is 8.26. The van der Waals surface area contributed by atoms with Crippen molar-refractivity contribution in [2.45, 2.75) is 20.0 Å². The second-order valence-electron chi connectivity index (χ2n) is 8.84. The number of hydrogen-bond acceptors (Lipinski definition) is 7. The number of alkyl halides is 3. The first kappa shape index (κ1) is 26.4. The molecule has 0 aromatic heterocycles. The van der Waals surface area contributed by atoms with Crippen molar-refractivity contribution in [2.24, 2.45) is 5.10 Å². The fourth-order valence-electron chi connectivity index (χ4n) is 4.07. The van der Waals surface area contributed by atoms with Crippen LogP contribution in [0.25, 0.3) is 6.08 Å². The molecule has 2 aliphatic rings. The Balaban J connectivity index is 1.50. The van der Waals surface area contributed by atoms with Gasteiger partial charge in [-0.25, -0.2) is 0 Å². The fraction of sp³-hybridized carbons (Fsp3) is 0.111. The molecule has 2 aliphatic heterocycles. The van der Waals surface area contributed by atoms with E-state index in [-0.39, 0.29) is 34.3 Å². The number of aromatic hydroxyl groups is 1. The predicted molar refractivity (Wildman–Crippen MR) is 149 cm³/mol. The Labute approximate surface area is 230 Å². The number of hydrogen-bond donors (Lipinski definition) is 3. The van der Waals surface area contributed by atoms with Crippen LogP contribution in [-0.2, 0) is 15.8 Å². The molecule has 0 bridgehead atoms. The Morgan fingerprint density at radius 3 is 2.46 bits per heavy atom. The summed E-state index contributed by atoms with van der Waals surface area (Å²) in [5.41, 5.74) is 4.80. The maximum Gasteiger partial charge on any atom is 0.416 e. The van der Waals surface area contributed by atoms with Crippen molar-refractivity contribution >= 4 is 69.0 Å². The first-order valence-electron chi connectivity index (χ1n) is 11.5. The average Bonchev–Trinajstić information content (AvgIpc) is 3.33. The fourth-order valence-corrected chi connectivity index (χ4v) is 5.12. The lowest BCUT2D eigenvalue weighted by molar-refractivity contribution is -0.137. The van der Waals surface area contributed by atoms with Crippen LogP contribution < -0.4 is 15.6 Å². The second-order valence-corrected chi connectivity index (χ2v) is 10.6. The molecule has 0 aliphatic carbocycles. The number of phenols is 1. The van der Waals surface area contributed by atoms with E-state index in [2.05, 4.69) is 15.8 Å². The van der Waals surface area contributed by atoms with Gasteiger partial charge < -0.3 is 10.4 Å². The first-order valence-corrected chi connectivity index (χ1v) is 12.7. The van der Waals surface area contributed by atoms with Crippen molar-refractivity contribution in [3.63, 3.8) is 0 Å². The van der Waals surface area contributed by atoms with E-state index >= 15 is 0 Å². The Kier molecular flexibility index (Phi) is 6.69. The molecule has 2 heterocycles. The van der Waals surface area contributed by atoms with Gasteiger partial charge in [-0.05, 0) is 79.1 Å². The number of nitrogens with one attached hydrogen (secondary N) is 2. The molecule has 2 amide bonds. The van der Waals surface area contributed by atoms with Crippen LogP contribution in [0.2, 0.25) is 0 Å². The number of carbonyl (C=O) groups excluding carboxylic acids is 2. The van der Waals surface area contributed by atoms with Gasteiger partial charge in [0.15, 0.2) is 5.71 Å². The molecular formula is C27H19F3N4O3S2. The Bertz CT molecular complexity index is 1630. The van der Waals surface area contributed by atoms with Gasteiger partial charge >= 0.3 is 6.18 Å². The molecule has 0 saturated carbocycles. The third-order valence-corrected chi connectivity index (χ3v) is 7.39. The smallest absolute Gasteiger partial charge is 0.416 e. The second kappa shape index (κ2) is 9.86. The molecule has 0 radical (unpaired) electrons. The van der Waals surface area contributed by atoms with Gasteiger partial charge in [0.2, 0.25) is 0 Å². The molecule has 3 aromatic rings. The van der Waals surface area contributed by atoms with E-state index in [1.165, 1.54) is 23.1 Å².